The van der Waals surface area contributed by atoms with Crippen molar-refractivity contribution in [2.24, 2.45) is 0 Å². The number of benzene rings is 3. The van der Waals surface area contributed by atoms with Gasteiger partial charge in [0.15, 0.2) is 18.2 Å². The van der Waals surface area contributed by atoms with Crippen molar-refractivity contribution in [1.82, 2.24) is 0 Å². The van der Waals surface area contributed by atoms with Crippen molar-refractivity contribution in [2.45, 2.75) is 61.4 Å². The molecule has 6 rings (SSSR count). The number of aromatic hydroxyl groups is 4. The van der Waals surface area contributed by atoms with Gasteiger partial charge in [0.1, 0.15) is 76.7 Å². The second kappa shape index (κ2) is 16.0. The molecule has 2 saturated heterocycles. The van der Waals surface area contributed by atoms with E-state index < -0.39 is 109 Å². The van der Waals surface area contributed by atoms with Crippen LogP contribution in [0.25, 0.3) is 28.4 Å². The zero-order valence-electron chi connectivity index (χ0n) is 27.9. The van der Waals surface area contributed by atoms with Crippen LogP contribution in [0.1, 0.15) is 5.56 Å². The van der Waals surface area contributed by atoms with E-state index in [0.29, 0.717) is 5.56 Å². The fraction of sp³-hybridized carbons (Fsp3) is 0.333. The summed E-state index contributed by atoms with van der Waals surface area (Å²) in [7, 11) is 0. The second-order valence-corrected chi connectivity index (χ2v) is 12.4. The van der Waals surface area contributed by atoms with E-state index in [1.165, 1.54) is 54.6 Å². The molecule has 3 heterocycles. The molecule has 0 unspecified atom stereocenters. The Morgan fingerprint density at radius 1 is 0.722 bits per heavy atom. The summed E-state index contributed by atoms with van der Waals surface area (Å²) in [6.07, 6.45) is -16.1. The van der Waals surface area contributed by atoms with E-state index in [2.05, 4.69) is 0 Å². The molecule has 2 aliphatic rings. The lowest BCUT2D eigenvalue weighted by Gasteiger charge is -2.46. The van der Waals surface area contributed by atoms with E-state index >= 15 is 0 Å². The zero-order chi connectivity index (χ0) is 38.8. The summed E-state index contributed by atoms with van der Waals surface area (Å²) < 4.78 is 34.8. The van der Waals surface area contributed by atoms with Gasteiger partial charge in [-0.05, 0) is 48.0 Å². The number of esters is 1. The highest BCUT2D eigenvalue weighted by Crippen LogP contribution is 2.39. The van der Waals surface area contributed by atoms with Crippen LogP contribution >= 0.6 is 0 Å². The Morgan fingerprint density at radius 3 is 1.98 bits per heavy atom. The normalized spacial score (nSPS) is 28.6. The third-order valence-corrected chi connectivity index (χ3v) is 8.78. The number of carbonyl (C=O) groups excluding carboxylic acids is 1. The second-order valence-electron chi connectivity index (χ2n) is 12.4. The Morgan fingerprint density at radius 2 is 1.33 bits per heavy atom. The average molecular weight is 757 g/mol. The molecule has 18 nitrogen and oxygen atoms in total. The number of hydrogen-bond donors (Lipinski definition) is 10. The first-order valence-corrected chi connectivity index (χ1v) is 16.4. The molecule has 10 N–H and O–H groups in total. The molecule has 288 valence electrons. The van der Waals surface area contributed by atoms with Crippen molar-refractivity contribution < 1.29 is 84.0 Å². The van der Waals surface area contributed by atoms with Crippen LogP contribution < -0.4 is 10.2 Å². The first-order valence-electron chi connectivity index (χ1n) is 16.4. The van der Waals surface area contributed by atoms with Gasteiger partial charge in [-0.25, -0.2) is 4.79 Å². The van der Waals surface area contributed by atoms with Crippen molar-refractivity contribution in [3.8, 4) is 40.1 Å². The van der Waals surface area contributed by atoms with Gasteiger partial charge in [0, 0.05) is 23.8 Å². The van der Waals surface area contributed by atoms with Crippen LogP contribution in [-0.4, -0.2) is 132 Å². The number of ether oxygens (including phenoxy) is 5. The van der Waals surface area contributed by atoms with Gasteiger partial charge in [0.2, 0.25) is 17.5 Å². The molecule has 10 atom stereocenters. The SMILES string of the molecule is O=C(/C=C/c1ccc(O)cc1)O[C@H]1[C@H](Oc2c(-c3ccc(O)cc3)oc3cc(O)cc(O)c3c2=O)O[C@H](CO)[C@@H](O)[C@@H]1O[C@@H]1O[C@H](CO)[C@@H](O)[C@H](O)[C@H]1O. The zero-order valence-corrected chi connectivity index (χ0v) is 27.9. The lowest BCUT2D eigenvalue weighted by Crippen LogP contribution is -2.66. The number of phenols is 4. The molecular weight excluding hydrogens is 720 g/mol. The molecule has 2 aliphatic heterocycles. The Labute approximate surface area is 304 Å². The summed E-state index contributed by atoms with van der Waals surface area (Å²) in [6, 6.07) is 12.8. The van der Waals surface area contributed by atoms with Gasteiger partial charge < -0.3 is 79.2 Å². The molecule has 1 aromatic heterocycles. The lowest BCUT2D eigenvalue weighted by atomic mass is 9.96. The van der Waals surface area contributed by atoms with Crippen molar-refractivity contribution in [2.75, 3.05) is 13.2 Å². The van der Waals surface area contributed by atoms with Crippen LogP contribution in [0.3, 0.4) is 0 Å². The van der Waals surface area contributed by atoms with Gasteiger partial charge in [0.25, 0.3) is 0 Å². The predicted molar refractivity (Wildman–Crippen MR) is 181 cm³/mol. The van der Waals surface area contributed by atoms with Crippen LogP contribution in [-0.2, 0) is 23.7 Å². The number of aliphatic hydroxyl groups excluding tert-OH is 6. The van der Waals surface area contributed by atoms with E-state index in [0.717, 1.165) is 18.2 Å². The first-order chi connectivity index (χ1) is 25.8. The summed E-state index contributed by atoms with van der Waals surface area (Å²) >= 11 is 0. The summed E-state index contributed by atoms with van der Waals surface area (Å²) in [5.74, 6) is -3.49. The van der Waals surface area contributed by atoms with Crippen LogP contribution in [0, 0.1) is 0 Å². The smallest absolute Gasteiger partial charge is 0.331 e. The third-order valence-electron chi connectivity index (χ3n) is 8.78. The summed E-state index contributed by atoms with van der Waals surface area (Å²) in [4.78, 5) is 27.4. The summed E-state index contributed by atoms with van der Waals surface area (Å²) in [5, 5.41) is 102. The Balaban J connectivity index is 1.45. The van der Waals surface area contributed by atoms with Gasteiger partial charge in [-0.1, -0.05) is 12.1 Å². The molecule has 0 saturated carbocycles. The van der Waals surface area contributed by atoms with Crippen molar-refractivity contribution in [1.29, 1.82) is 0 Å². The van der Waals surface area contributed by atoms with Crippen LogP contribution in [0.15, 0.2) is 76.0 Å². The van der Waals surface area contributed by atoms with Gasteiger partial charge >= 0.3 is 5.97 Å². The molecule has 0 radical (unpaired) electrons. The number of hydrogen-bond acceptors (Lipinski definition) is 18. The highest BCUT2D eigenvalue weighted by molar-refractivity contribution is 5.88. The highest BCUT2D eigenvalue weighted by Gasteiger charge is 2.53. The fourth-order valence-corrected chi connectivity index (χ4v) is 5.97. The Bertz CT molecular complexity index is 2030. The summed E-state index contributed by atoms with van der Waals surface area (Å²) in [5.41, 5.74) is -0.744. The van der Waals surface area contributed by atoms with Gasteiger partial charge in [-0.2, -0.15) is 0 Å². The third kappa shape index (κ3) is 7.82. The number of phenolic OH excluding ortho intramolecular Hbond substituents is 4. The molecular formula is C36H36O18. The fourth-order valence-electron chi connectivity index (χ4n) is 5.97. The number of aliphatic hydroxyl groups is 6. The molecule has 2 fully saturated rings. The molecule has 54 heavy (non-hydrogen) atoms. The maximum Gasteiger partial charge on any atom is 0.331 e. The van der Waals surface area contributed by atoms with Gasteiger partial charge in [-0.15, -0.1) is 0 Å². The number of fused-ring (bicyclic) bond motifs is 1. The molecule has 3 aromatic carbocycles. The van der Waals surface area contributed by atoms with Gasteiger partial charge in [-0.3, -0.25) is 4.79 Å². The molecule has 0 amide bonds. The standard InChI is InChI=1S/C36H36O18/c37-13-22-26(44)29(47)30(48)35(50-22)53-32-27(45)23(14-38)51-36(34(32)52-24(43)10-3-15-1-6-17(39)7-2-15)54-33-28(46)25-20(42)11-19(41)12-21(25)49-31(33)16-4-8-18(40)9-5-16/h1-12,22-23,26-27,29-30,32,34-42,44-45,47-48H,13-14H2/b10-3+/t22-,23-,26-,27-,29+,30-,32+,34-,35+,36+/m1/s1. The van der Waals surface area contributed by atoms with Crippen molar-refractivity contribution >= 4 is 23.0 Å². The molecule has 0 spiro atoms. The van der Waals surface area contributed by atoms with Crippen LogP contribution in [0.2, 0.25) is 0 Å². The van der Waals surface area contributed by atoms with E-state index in [9.17, 15) is 60.7 Å². The quantitative estimate of drug-likeness (QED) is 0.0724. The van der Waals surface area contributed by atoms with E-state index in [4.69, 9.17) is 28.1 Å². The minimum absolute atomic E-state index is 0.0374. The van der Waals surface area contributed by atoms with E-state index in [-0.39, 0.29) is 28.4 Å². The lowest BCUT2D eigenvalue weighted by molar-refractivity contribution is -0.353. The highest BCUT2D eigenvalue weighted by atomic mass is 16.7. The largest absolute Gasteiger partial charge is 0.508 e. The Hall–Kier alpha value is -5.28. The van der Waals surface area contributed by atoms with Crippen molar-refractivity contribution in [3.63, 3.8) is 0 Å². The minimum Gasteiger partial charge on any atom is -0.508 e. The molecule has 18 heteroatoms. The van der Waals surface area contributed by atoms with Crippen LogP contribution in [0.4, 0.5) is 0 Å². The summed E-state index contributed by atoms with van der Waals surface area (Å²) in [6.45, 7) is -1.76. The molecule has 0 aliphatic carbocycles. The minimum atomic E-state index is -2.00. The maximum absolute atomic E-state index is 14.1. The Kier molecular flexibility index (Phi) is 11.4. The maximum atomic E-state index is 14.1. The topological polar surface area (TPSA) is 296 Å². The number of rotatable bonds is 10. The average Bonchev–Trinajstić information content (AvgIpc) is 3.14. The predicted octanol–water partition coefficient (Wildman–Crippen LogP) is -0.450. The first kappa shape index (κ1) is 38.4. The van der Waals surface area contributed by atoms with E-state index in [1.807, 2.05) is 0 Å². The molecule has 0 bridgehead atoms. The monoisotopic (exact) mass is 756 g/mol. The molecule has 4 aromatic rings. The number of carbonyl (C=O) groups is 1. The van der Waals surface area contributed by atoms with Crippen molar-refractivity contribution in [3.05, 3.63) is 82.5 Å². The van der Waals surface area contributed by atoms with E-state index in [1.54, 1.807) is 0 Å². The van der Waals surface area contributed by atoms with Crippen LogP contribution in [0.5, 0.6) is 28.7 Å². The van der Waals surface area contributed by atoms with Gasteiger partial charge in [0.05, 0.1) is 13.2 Å².